The summed E-state index contributed by atoms with van der Waals surface area (Å²) in [6, 6.07) is 14.4. The SMILES string of the molecule is O=Cc1ccccc1OCC(=O)NC(c1ccc(Cl)cc1)C1CC1. The number of ether oxygens (including phenoxy) is 1. The smallest absolute Gasteiger partial charge is 0.258 e. The van der Waals surface area contributed by atoms with Gasteiger partial charge < -0.3 is 10.1 Å². The van der Waals surface area contributed by atoms with E-state index in [1.165, 1.54) is 0 Å². The van der Waals surface area contributed by atoms with E-state index in [0.717, 1.165) is 18.4 Å². The highest BCUT2D eigenvalue weighted by molar-refractivity contribution is 6.30. The fourth-order valence-corrected chi connectivity index (χ4v) is 2.77. The van der Waals surface area contributed by atoms with Crippen LogP contribution in [0.15, 0.2) is 48.5 Å². The predicted octanol–water partition coefficient (Wildman–Crippen LogP) is 3.80. The number of halogens is 1. The van der Waals surface area contributed by atoms with E-state index in [9.17, 15) is 9.59 Å². The summed E-state index contributed by atoms with van der Waals surface area (Å²) in [5.74, 6) is 0.664. The maximum Gasteiger partial charge on any atom is 0.258 e. The van der Waals surface area contributed by atoms with Crippen molar-refractivity contribution in [2.45, 2.75) is 18.9 Å². The zero-order chi connectivity index (χ0) is 16.9. The number of carbonyl (C=O) groups excluding carboxylic acids is 2. The van der Waals surface area contributed by atoms with Crippen LogP contribution in [0.5, 0.6) is 5.75 Å². The zero-order valence-electron chi connectivity index (χ0n) is 13.1. The summed E-state index contributed by atoms with van der Waals surface area (Å²) < 4.78 is 5.48. The third kappa shape index (κ3) is 4.15. The van der Waals surface area contributed by atoms with Gasteiger partial charge in [0, 0.05) is 5.02 Å². The van der Waals surface area contributed by atoms with E-state index in [1.807, 2.05) is 24.3 Å². The van der Waals surface area contributed by atoms with E-state index >= 15 is 0 Å². The molecule has 24 heavy (non-hydrogen) atoms. The lowest BCUT2D eigenvalue weighted by Crippen LogP contribution is -2.33. The van der Waals surface area contributed by atoms with Crippen molar-refractivity contribution in [1.29, 1.82) is 0 Å². The number of rotatable bonds is 7. The second kappa shape index (κ2) is 7.49. The number of amides is 1. The summed E-state index contributed by atoms with van der Waals surface area (Å²) in [5, 5.41) is 3.70. The first kappa shape index (κ1) is 16.5. The minimum Gasteiger partial charge on any atom is -0.483 e. The molecule has 2 aromatic rings. The number of benzene rings is 2. The molecule has 1 aliphatic rings. The predicted molar refractivity (Wildman–Crippen MR) is 92.4 cm³/mol. The monoisotopic (exact) mass is 343 g/mol. The highest BCUT2D eigenvalue weighted by Crippen LogP contribution is 2.41. The molecule has 1 fully saturated rings. The van der Waals surface area contributed by atoms with Crippen LogP contribution in [0.25, 0.3) is 0 Å². The van der Waals surface area contributed by atoms with E-state index in [2.05, 4.69) is 5.32 Å². The number of carbonyl (C=O) groups is 2. The summed E-state index contributed by atoms with van der Waals surface area (Å²) in [6.45, 7) is -0.123. The van der Waals surface area contributed by atoms with Crippen LogP contribution in [-0.4, -0.2) is 18.8 Å². The first-order valence-corrected chi connectivity index (χ1v) is 8.27. The second-order valence-corrected chi connectivity index (χ2v) is 6.31. The molecule has 0 aromatic heterocycles. The number of aldehydes is 1. The average molecular weight is 344 g/mol. The normalized spacial score (nSPS) is 14.7. The summed E-state index contributed by atoms with van der Waals surface area (Å²) in [7, 11) is 0. The lowest BCUT2D eigenvalue weighted by atomic mass is 10.0. The fraction of sp³-hybridized carbons (Fsp3) is 0.263. The summed E-state index contributed by atoms with van der Waals surface area (Å²) >= 11 is 5.93. The molecule has 1 aliphatic carbocycles. The Labute approximate surface area is 145 Å². The third-order valence-corrected chi connectivity index (χ3v) is 4.30. The van der Waals surface area contributed by atoms with Gasteiger partial charge in [-0.3, -0.25) is 9.59 Å². The van der Waals surface area contributed by atoms with Crippen molar-refractivity contribution in [2.24, 2.45) is 5.92 Å². The summed E-state index contributed by atoms with van der Waals surface area (Å²) in [5.41, 5.74) is 1.48. The fourth-order valence-electron chi connectivity index (χ4n) is 2.64. The Morgan fingerprint density at radius 2 is 1.92 bits per heavy atom. The Balaban J connectivity index is 1.62. The molecular formula is C19H18ClNO3. The van der Waals surface area contributed by atoms with Crippen molar-refractivity contribution < 1.29 is 14.3 Å². The van der Waals surface area contributed by atoms with Crippen molar-refractivity contribution >= 4 is 23.8 Å². The Hall–Kier alpha value is -2.33. The van der Waals surface area contributed by atoms with Crippen molar-refractivity contribution in [3.8, 4) is 5.75 Å². The van der Waals surface area contributed by atoms with Gasteiger partial charge in [-0.05, 0) is 48.6 Å². The minimum absolute atomic E-state index is 0.0281. The van der Waals surface area contributed by atoms with Crippen molar-refractivity contribution in [2.75, 3.05) is 6.61 Å². The molecule has 124 valence electrons. The Kier molecular flexibility index (Phi) is 5.16. The molecule has 5 heteroatoms. The van der Waals surface area contributed by atoms with Crippen LogP contribution in [0.2, 0.25) is 5.02 Å². The molecule has 0 saturated heterocycles. The van der Waals surface area contributed by atoms with Gasteiger partial charge >= 0.3 is 0 Å². The van der Waals surface area contributed by atoms with Crippen LogP contribution >= 0.6 is 11.6 Å². The van der Waals surface area contributed by atoms with Gasteiger partial charge in [-0.15, -0.1) is 0 Å². The maximum absolute atomic E-state index is 12.2. The van der Waals surface area contributed by atoms with E-state index in [-0.39, 0.29) is 18.6 Å². The highest BCUT2D eigenvalue weighted by Gasteiger charge is 2.33. The molecule has 1 unspecified atom stereocenters. The molecular weight excluding hydrogens is 326 g/mol. The lowest BCUT2D eigenvalue weighted by molar-refractivity contribution is -0.124. The van der Waals surface area contributed by atoms with Gasteiger partial charge in [0.2, 0.25) is 0 Å². The number of para-hydroxylation sites is 1. The van der Waals surface area contributed by atoms with Crippen molar-refractivity contribution in [1.82, 2.24) is 5.32 Å². The zero-order valence-corrected chi connectivity index (χ0v) is 13.8. The summed E-state index contributed by atoms with van der Waals surface area (Å²) in [6.07, 6.45) is 2.92. The van der Waals surface area contributed by atoms with E-state index in [0.29, 0.717) is 28.5 Å². The molecule has 0 radical (unpaired) electrons. The summed E-state index contributed by atoms with van der Waals surface area (Å²) in [4.78, 5) is 23.2. The molecule has 1 amide bonds. The number of nitrogens with one attached hydrogen (secondary N) is 1. The van der Waals surface area contributed by atoms with Crippen LogP contribution in [0.1, 0.15) is 34.8 Å². The molecule has 1 atom stereocenters. The Morgan fingerprint density at radius 3 is 2.58 bits per heavy atom. The molecule has 0 aliphatic heterocycles. The van der Waals surface area contributed by atoms with Crippen LogP contribution in [-0.2, 0) is 4.79 Å². The maximum atomic E-state index is 12.2. The molecule has 1 N–H and O–H groups in total. The molecule has 0 spiro atoms. The van der Waals surface area contributed by atoms with Gasteiger partial charge in [0.05, 0.1) is 11.6 Å². The first-order chi connectivity index (χ1) is 11.7. The second-order valence-electron chi connectivity index (χ2n) is 5.88. The minimum atomic E-state index is -0.206. The van der Waals surface area contributed by atoms with Crippen molar-refractivity contribution in [3.05, 3.63) is 64.7 Å². The standard InChI is InChI=1S/C19H18ClNO3/c20-16-9-7-14(8-10-16)19(13-5-6-13)21-18(23)12-24-17-4-2-1-3-15(17)11-22/h1-4,7-11,13,19H,5-6,12H2,(H,21,23). The van der Waals surface area contributed by atoms with Gasteiger partial charge in [-0.1, -0.05) is 35.9 Å². The van der Waals surface area contributed by atoms with Crippen LogP contribution in [0.4, 0.5) is 0 Å². The molecule has 2 aromatic carbocycles. The Morgan fingerprint density at radius 1 is 1.21 bits per heavy atom. The van der Waals surface area contributed by atoms with Crippen LogP contribution < -0.4 is 10.1 Å². The molecule has 0 heterocycles. The molecule has 4 nitrogen and oxygen atoms in total. The largest absolute Gasteiger partial charge is 0.483 e. The highest BCUT2D eigenvalue weighted by atomic mass is 35.5. The van der Waals surface area contributed by atoms with Crippen molar-refractivity contribution in [3.63, 3.8) is 0 Å². The topological polar surface area (TPSA) is 55.4 Å². The van der Waals surface area contributed by atoms with E-state index in [4.69, 9.17) is 16.3 Å². The van der Waals surface area contributed by atoms with E-state index in [1.54, 1.807) is 24.3 Å². The number of hydrogen-bond acceptors (Lipinski definition) is 3. The van der Waals surface area contributed by atoms with Crippen LogP contribution in [0, 0.1) is 5.92 Å². The molecule has 0 bridgehead atoms. The van der Waals surface area contributed by atoms with Gasteiger partial charge in [0.1, 0.15) is 5.75 Å². The van der Waals surface area contributed by atoms with Gasteiger partial charge in [0.15, 0.2) is 12.9 Å². The van der Waals surface area contributed by atoms with Gasteiger partial charge in [-0.25, -0.2) is 0 Å². The Bertz CT molecular complexity index is 726. The third-order valence-electron chi connectivity index (χ3n) is 4.04. The molecule has 1 saturated carbocycles. The van der Waals surface area contributed by atoms with E-state index < -0.39 is 0 Å². The van der Waals surface area contributed by atoms with Gasteiger partial charge in [0.25, 0.3) is 5.91 Å². The molecule has 3 rings (SSSR count). The quantitative estimate of drug-likeness (QED) is 0.778. The van der Waals surface area contributed by atoms with Crippen LogP contribution in [0.3, 0.4) is 0 Å². The van der Waals surface area contributed by atoms with Gasteiger partial charge in [-0.2, -0.15) is 0 Å². The lowest BCUT2D eigenvalue weighted by Gasteiger charge is -2.19. The average Bonchev–Trinajstić information content (AvgIpc) is 3.44. The first-order valence-electron chi connectivity index (χ1n) is 7.89. The number of hydrogen-bond donors (Lipinski definition) is 1.